The minimum atomic E-state index is -1.44. The van der Waals surface area contributed by atoms with Crippen LogP contribution in [0.15, 0.2) is 78.9 Å². The second kappa shape index (κ2) is 16.4. The first kappa shape index (κ1) is 43.0. The van der Waals surface area contributed by atoms with E-state index in [0.717, 1.165) is 33.3 Å². The zero-order valence-electron chi connectivity index (χ0n) is 35.2. The molecule has 306 valence electrons. The highest BCUT2D eigenvalue weighted by atomic mass is 16.7. The molecule has 3 aromatic carbocycles. The molecule has 1 saturated heterocycles. The lowest BCUT2D eigenvalue weighted by Crippen LogP contribution is -2.64. The molecule has 4 aromatic rings. The summed E-state index contributed by atoms with van der Waals surface area (Å²) in [5, 5.41) is 0.847. The largest absolute Gasteiger partial charge is 0.462 e. The second-order valence-corrected chi connectivity index (χ2v) is 18.7. The van der Waals surface area contributed by atoms with Crippen LogP contribution in [-0.2, 0) is 42.9 Å². The number of benzene rings is 3. The van der Waals surface area contributed by atoms with Crippen molar-refractivity contribution < 1.29 is 47.6 Å². The number of carbonyl (C=O) groups is 4. The van der Waals surface area contributed by atoms with Gasteiger partial charge < -0.3 is 33.4 Å². The van der Waals surface area contributed by atoms with Crippen molar-refractivity contribution in [2.24, 2.45) is 21.7 Å². The van der Waals surface area contributed by atoms with Gasteiger partial charge in [-0.3, -0.25) is 19.2 Å². The van der Waals surface area contributed by atoms with Gasteiger partial charge in [-0.25, -0.2) is 0 Å². The van der Waals surface area contributed by atoms with E-state index in [9.17, 15) is 19.2 Å². The predicted molar refractivity (Wildman–Crippen MR) is 217 cm³/mol. The fourth-order valence-corrected chi connectivity index (χ4v) is 5.89. The number of aromatic amines is 1. The van der Waals surface area contributed by atoms with Gasteiger partial charge in [-0.15, -0.1) is 0 Å². The van der Waals surface area contributed by atoms with Gasteiger partial charge in [0.1, 0.15) is 18.5 Å². The Morgan fingerprint density at radius 2 is 1.05 bits per heavy atom. The Balaban J connectivity index is 1.66. The van der Waals surface area contributed by atoms with Crippen LogP contribution in [0.2, 0.25) is 0 Å². The number of ether oxygens (including phenoxy) is 6. The Kier molecular flexibility index (Phi) is 12.3. The summed E-state index contributed by atoms with van der Waals surface area (Å²) in [4.78, 5) is 57.7. The van der Waals surface area contributed by atoms with Gasteiger partial charge in [0, 0.05) is 16.5 Å². The third kappa shape index (κ3) is 10.2. The molecule has 11 heteroatoms. The summed E-state index contributed by atoms with van der Waals surface area (Å²) in [6.07, 6.45) is -6.89. The monoisotopic (exact) mass is 783 g/mol. The minimum absolute atomic E-state index is 0.344. The Bertz CT molecular complexity index is 2060. The number of nitrogens with one attached hydrogen (secondary N) is 1. The van der Waals surface area contributed by atoms with E-state index in [4.69, 9.17) is 28.4 Å². The van der Waals surface area contributed by atoms with Crippen LogP contribution in [0.25, 0.3) is 33.3 Å². The van der Waals surface area contributed by atoms with Crippen molar-refractivity contribution >= 4 is 34.8 Å². The number of hydrogen-bond acceptors (Lipinski definition) is 10. The Hall–Kier alpha value is -5.16. The van der Waals surface area contributed by atoms with Crippen molar-refractivity contribution in [1.82, 2.24) is 4.98 Å². The summed E-state index contributed by atoms with van der Waals surface area (Å²) in [5.41, 5.74) is 0.808. The molecule has 5 atom stereocenters. The molecule has 2 heterocycles. The van der Waals surface area contributed by atoms with Crippen LogP contribution in [0, 0.1) is 21.7 Å². The smallest absolute Gasteiger partial charge is 0.311 e. The van der Waals surface area contributed by atoms with Gasteiger partial charge >= 0.3 is 23.9 Å². The summed E-state index contributed by atoms with van der Waals surface area (Å²) >= 11 is 0. The average Bonchev–Trinajstić information content (AvgIpc) is 3.50. The number of aromatic nitrogens is 1. The third-order valence-electron chi connectivity index (χ3n) is 9.30. The van der Waals surface area contributed by atoms with Crippen LogP contribution in [0.1, 0.15) is 83.1 Å². The summed E-state index contributed by atoms with van der Waals surface area (Å²) in [7, 11) is 0. The quantitative estimate of drug-likeness (QED) is 0.129. The van der Waals surface area contributed by atoms with Gasteiger partial charge in [-0.1, -0.05) is 60.7 Å². The maximum absolute atomic E-state index is 13.7. The molecule has 5 rings (SSSR count). The number of hydrogen-bond donors (Lipinski definition) is 1. The van der Waals surface area contributed by atoms with E-state index < -0.39 is 82.8 Å². The Labute approximate surface area is 335 Å². The van der Waals surface area contributed by atoms with E-state index in [0.29, 0.717) is 5.75 Å². The minimum Gasteiger partial charge on any atom is -0.462 e. The lowest BCUT2D eigenvalue weighted by Gasteiger charge is -2.45. The maximum atomic E-state index is 13.7. The third-order valence-corrected chi connectivity index (χ3v) is 9.30. The van der Waals surface area contributed by atoms with Crippen molar-refractivity contribution in [1.29, 1.82) is 0 Å². The lowest BCUT2D eigenvalue weighted by atomic mass is 9.93. The SMILES string of the molecule is CC(C)(C)C(=O)OC[C@H]1O[C@@H](Oc2ccc3[nH]c(-c4ccccc4)c(-c4ccccc4)c3c2)[C@H](OC(=O)C(C)(C)C)[C@@H](OC(=O)C(C)(C)C)[C@@H]1OC(=O)C(C)(C)C. The molecule has 1 aliphatic rings. The van der Waals surface area contributed by atoms with Gasteiger partial charge in [0.2, 0.25) is 12.4 Å². The van der Waals surface area contributed by atoms with Crippen LogP contribution < -0.4 is 4.74 Å². The molecule has 0 amide bonds. The standard InChI is InChI=1S/C46H57NO10/c1-43(2,3)39(48)52-26-32-35(55-40(49)44(4,5)6)36(56-41(50)45(7,8)9)37(57-42(51)46(10,11)12)38(54-32)53-29-23-24-31-30(25-29)33(27-19-15-13-16-20-27)34(47-31)28-21-17-14-18-22-28/h13-25,32,35-38,47H,26H2,1-12H3/t32-,35-,36+,37-,38-/m1/s1. The van der Waals surface area contributed by atoms with E-state index in [1.54, 1.807) is 89.2 Å². The predicted octanol–water partition coefficient (Wildman–Crippen LogP) is 9.07. The normalized spacial score (nSPS) is 20.4. The molecular formula is C46H57NO10. The van der Waals surface area contributed by atoms with E-state index in [1.165, 1.54) is 0 Å². The molecule has 0 saturated carbocycles. The number of carbonyl (C=O) groups excluding carboxylic acids is 4. The lowest BCUT2D eigenvalue weighted by molar-refractivity contribution is -0.293. The summed E-state index contributed by atoms with van der Waals surface area (Å²) < 4.78 is 37.4. The highest BCUT2D eigenvalue weighted by molar-refractivity contribution is 6.04. The molecule has 0 aliphatic carbocycles. The van der Waals surface area contributed by atoms with Gasteiger partial charge in [-0.2, -0.15) is 0 Å². The number of H-pyrrole nitrogens is 1. The van der Waals surface area contributed by atoms with Gasteiger partial charge in [0.25, 0.3) is 0 Å². The van der Waals surface area contributed by atoms with Crippen molar-refractivity contribution in [2.75, 3.05) is 6.61 Å². The topological polar surface area (TPSA) is 139 Å². The highest BCUT2D eigenvalue weighted by Crippen LogP contribution is 2.41. The average molecular weight is 784 g/mol. The van der Waals surface area contributed by atoms with Gasteiger partial charge in [0.15, 0.2) is 12.2 Å². The summed E-state index contributed by atoms with van der Waals surface area (Å²) in [6, 6.07) is 25.5. The molecule has 0 spiro atoms. The molecule has 1 aromatic heterocycles. The van der Waals surface area contributed by atoms with Crippen LogP contribution in [0.3, 0.4) is 0 Å². The molecule has 0 radical (unpaired) electrons. The first-order chi connectivity index (χ1) is 26.4. The fraction of sp³-hybridized carbons (Fsp3) is 0.478. The zero-order valence-corrected chi connectivity index (χ0v) is 35.2. The second-order valence-electron chi connectivity index (χ2n) is 18.7. The van der Waals surface area contributed by atoms with Crippen LogP contribution in [0.5, 0.6) is 5.75 Å². The van der Waals surface area contributed by atoms with Gasteiger partial charge in [0.05, 0.1) is 27.4 Å². The van der Waals surface area contributed by atoms with E-state index in [2.05, 4.69) is 4.98 Å². The van der Waals surface area contributed by atoms with Crippen molar-refractivity contribution in [2.45, 2.75) is 114 Å². The van der Waals surface area contributed by atoms with Crippen LogP contribution in [-0.4, -0.2) is 66.2 Å². The van der Waals surface area contributed by atoms with E-state index >= 15 is 0 Å². The van der Waals surface area contributed by atoms with E-state index in [1.807, 2.05) is 72.8 Å². The fourth-order valence-electron chi connectivity index (χ4n) is 5.89. The highest BCUT2D eigenvalue weighted by Gasteiger charge is 2.55. The summed E-state index contributed by atoms with van der Waals surface area (Å²) in [6.45, 7) is 19.9. The molecule has 1 aliphatic heterocycles. The molecule has 0 unspecified atom stereocenters. The molecular weight excluding hydrogens is 727 g/mol. The molecule has 57 heavy (non-hydrogen) atoms. The first-order valence-electron chi connectivity index (χ1n) is 19.3. The van der Waals surface area contributed by atoms with Crippen molar-refractivity contribution in [3.63, 3.8) is 0 Å². The number of fused-ring (bicyclic) bond motifs is 1. The zero-order chi connectivity index (χ0) is 42.1. The van der Waals surface area contributed by atoms with E-state index in [-0.39, 0.29) is 0 Å². The molecule has 11 nitrogen and oxygen atoms in total. The van der Waals surface area contributed by atoms with Crippen molar-refractivity contribution in [3.8, 4) is 28.1 Å². The molecule has 0 bridgehead atoms. The number of rotatable bonds is 9. The summed E-state index contributed by atoms with van der Waals surface area (Å²) in [5.74, 6) is -2.12. The first-order valence-corrected chi connectivity index (χ1v) is 19.3. The Morgan fingerprint density at radius 1 is 0.579 bits per heavy atom. The molecule has 1 fully saturated rings. The number of esters is 4. The van der Waals surface area contributed by atoms with Crippen LogP contribution in [0.4, 0.5) is 0 Å². The van der Waals surface area contributed by atoms with Crippen LogP contribution >= 0.6 is 0 Å². The van der Waals surface area contributed by atoms with Gasteiger partial charge in [-0.05, 0) is 112 Å². The van der Waals surface area contributed by atoms with Crippen molar-refractivity contribution in [3.05, 3.63) is 78.9 Å². The maximum Gasteiger partial charge on any atom is 0.311 e. The Morgan fingerprint density at radius 3 is 1.56 bits per heavy atom. The molecule has 1 N–H and O–H groups in total.